The van der Waals surface area contributed by atoms with Crippen molar-refractivity contribution in [3.63, 3.8) is 0 Å². The predicted molar refractivity (Wildman–Crippen MR) is 66.8 cm³/mol. The van der Waals surface area contributed by atoms with Crippen LogP contribution in [0.15, 0.2) is 12.1 Å². The molecule has 1 aromatic rings. The number of rotatable bonds is 2. The molecule has 16 heavy (non-hydrogen) atoms. The Hall–Kier alpha value is -1.05. The van der Waals surface area contributed by atoms with Crippen LogP contribution in [-0.4, -0.2) is 11.0 Å². The van der Waals surface area contributed by atoms with Crippen molar-refractivity contribution in [2.75, 3.05) is 5.32 Å². The highest BCUT2D eigenvalue weighted by molar-refractivity contribution is 5.41. The summed E-state index contributed by atoms with van der Waals surface area (Å²) in [5.41, 5.74) is 2.80. The highest BCUT2D eigenvalue weighted by Crippen LogP contribution is 2.24. The van der Waals surface area contributed by atoms with E-state index in [1.54, 1.807) is 0 Å². The third kappa shape index (κ3) is 2.06. The summed E-state index contributed by atoms with van der Waals surface area (Å²) in [6.45, 7) is 0. The topological polar surface area (TPSA) is 24.9 Å². The van der Waals surface area contributed by atoms with Crippen LogP contribution >= 0.6 is 0 Å². The second kappa shape index (κ2) is 4.44. The molecule has 0 saturated heterocycles. The molecule has 0 bridgehead atoms. The summed E-state index contributed by atoms with van der Waals surface area (Å²) < 4.78 is 0. The van der Waals surface area contributed by atoms with Crippen LogP contribution < -0.4 is 5.32 Å². The van der Waals surface area contributed by atoms with E-state index < -0.39 is 0 Å². The quantitative estimate of drug-likeness (QED) is 0.820. The highest BCUT2D eigenvalue weighted by atomic mass is 15.0. The summed E-state index contributed by atoms with van der Waals surface area (Å²) in [7, 11) is 0. The molecule has 1 aromatic heterocycles. The van der Waals surface area contributed by atoms with Crippen LogP contribution in [0.5, 0.6) is 0 Å². The van der Waals surface area contributed by atoms with Gasteiger partial charge >= 0.3 is 0 Å². The summed E-state index contributed by atoms with van der Waals surface area (Å²) in [4.78, 5) is 4.74. The minimum Gasteiger partial charge on any atom is -0.367 e. The molecule has 0 amide bonds. The number of hydrogen-bond acceptors (Lipinski definition) is 2. The van der Waals surface area contributed by atoms with E-state index in [0.717, 1.165) is 5.82 Å². The molecule has 2 nitrogen and oxygen atoms in total. The van der Waals surface area contributed by atoms with Crippen LogP contribution in [0.1, 0.15) is 49.8 Å². The Bertz CT molecular complexity index is 367. The van der Waals surface area contributed by atoms with Crippen LogP contribution in [0, 0.1) is 0 Å². The Morgan fingerprint density at radius 2 is 1.88 bits per heavy atom. The van der Waals surface area contributed by atoms with E-state index in [-0.39, 0.29) is 0 Å². The van der Waals surface area contributed by atoms with Gasteiger partial charge in [-0.3, -0.25) is 0 Å². The van der Waals surface area contributed by atoms with Gasteiger partial charge in [-0.25, -0.2) is 4.98 Å². The monoisotopic (exact) mass is 216 g/mol. The number of anilines is 1. The number of nitrogens with zero attached hydrogens (tertiary/aromatic N) is 1. The summed E-state index contributed by atoms with van der Waals surface area (Å²) >= 11 is 0. The molecular weight excluding hydrogens is 196 g/mol. The van der Waals surface area contributed by atoms with Crippen LogP contribution in [0.2, 0.25) is 0 Å². The predicted octanol–water partition coefficient (Wildman–Crippen LogP) is 3.31. The Labute approximate surface area is 97.5 Å². The van der Waals surface area contributed by atoms with Crippen molar-refractivity contribution in [3.05, 3.63) is 23.4 Å². The first kappa shape index (κ1) is 10.1. The Morgan fingerprint density at radius 1 is 1.00 bits per heavy atom. The zero-order valence-corrected chi connectivity index (χ0v) is 9.84. The van der Waals surface area contributed by atoms with E-state index in [1.807, 2.05) is 0 Å². The molecule has 0 radical (unpaired) electrons. The lowest BCUT2D eigenvalue weighted by Gasteiger charge is -2.23. The molecule has 3 rings (SSSR count). The van der Waals surface area contributed by atoms with E-state index in [2.05, 4.69) is 17.4 Å². The maximum atomic E-state index is 4.74. The molecule has 86 valence electrons. The van der Waals surface area contributed by atoms with Crippen molar-refractivity contribution in [2.45, 2.75) is 57.4 Å². The zero-order chi connectivity index (χ0) is 10.8. The molecule has 2 aliphatic carbocycles. The molecule has 2 aliphatic rings. The maximum Gasteiger partial charge on any atom is 0.126 e. The molecular formula is C14H20N2. The summed E-state index contributed by atoms with van der Waals surface area (Å²) in [6.07, 6.45) is 10.5. The number of aromatic nitrogens is 1. The second-order valence-electron chi connectivity index (χ2n) is 5.14. The fourth-order valence-corrected chi connectivity index (χ4v) is 2.96. The average Bonchev–Trinajstić information content (AvgIpc) is 2.77. The first-order valence-electron chi connectivity index (χ1n) is 6.67. The summed E-state index contributed by atoms with van der Waals surface area (Å²) in [6, 6.07) is 5.10. The Kier molecular flexibility index (Phi) is 2.81. The van der Waals surface area contributed by atoms with Crippen LogP contribution in [0.4, 0.5) is 5.82 Å². The molecule has 1 N–H and O–H groups in total. The molecule has 0 atom stereocenters. The zero-order valence-electron chi connectivity index (χ0n) is 9.84. The van der Waals surface area contributed by atoms with Gasteiger partial charge in [-0.15, -0.1) is 0 Å². The van der Waals surface area contributed by atoms with Crippen LogP contribution in [0.3, 0.4) is 0 Å². The molecule has 0 aliphatic heterocycles. The van der Waals surface area contributed by atoms with Gasteiger partial charge in [-0.2, -0.15) is 0 Å². The van der Waals surface area contributed by atoms with Gasteiger partial charge in [0.25, 0.3) is 0 Å². The third-order valence-electron chi connectivity index (χ3n) is 3.89. The molecule has 0 unspecified atom stereocenters. The second-order valence-corrected chi connectivity index (χ2v) is 5.14. The van der Waals surface area contributed by atoms with Crippen molar-refractivity contribution in [1.82, 2.24) is 4.98 Å². The SMILES string of the molecule is c1cc2c(nc1NC1CCCCC1)CCC2. The molecule has 0 spiro atoms. The third-order valence-corrected chi connectivity index (χ3v) is 3.89. The number of fused-ring (bicyclic) bond motifs is 1. The van der Waals surface area contributed by atoms with Gasteiger partial charge in [0.15, 0.2) is 0 Å². The number of aryl methyl sites for hydroxylation is 2. The standard InChI is InChI=1S/C14H20N2/c1-2-6-12(7-3-1)15-14-10-9-11-5-4-8-13(11)16-14/h9-10,12H,1-8H2,(H,15,16). The number of pyridine rings is 1. The molecule has 2 heteroatoms. The fourth-order valence-electron chi connectivity index (χ4n) is 2.96. The lowest BCUT2D eigenvalue weighted by atomic mass is 9.95. The van der Waals surface area contributed by atoms with Crippen LogP contribution in [0.25, 0.3) is 0 Å². The van der Waals surface area contributed by atoms with Gasteiger partial charge in [-0.1, -0.05) is 25.3 Å². The lowest BCUT2D eigenvalue weighted by molar-refractivity contribution is 0.462. The van der Waals surface area contributed by atoms with Gasteiger partial charge in [0, 0.05) is 11.7 Å². The smallest absolute Gasteiger partial charge is 0.126 e. The van der Waals surface area contributed by atoms with Crippen molar-refractivity contribution in [3.8, 4) is 0 Å². The minimum atomic E-state index is 0.667. The van der Waals surface area contributed by atoms with Crippen molar-refractivity contribution < 1.29 is 0 Å². The molecule has 0 aromatic carbocycles. The van der Waals surface area contributed by atoms with E-state index in [1.165, 1.54) is 62.6 Å². The van der Waals surface area contributed by atoms with Gasteiger partial charge in [0.2, 0.25) is 0 Å². The van der Waals surface area contributed by atoms with Gasteiger partial charge in [0.1, 0.15) is 5.82 Å². The van der Waals surface area contributed by atoms with E-state index >= 15 is 0 Å². The minimum absolute atomic E-state index is 0.667. The summed E-state index contributed by atoms with van der Waals surface area (Å²) in [5.74, 6) is 1.10. The highest BCUT2D eigenvalue weighted by Gasteiger charge is 2.16. The normalized spacial score (nSPS) is 20.8. The lowest BCUT2D eigenvalue weighted by Crippen LogP contribution is -2.22. The van der Waals surface area contributed by atoms with Crippen molar-refractivity contribution >= 4 is 5.82 Å². The van der Waals surface area contributed by atoms with Gasteiger partial charge in [0.05, 0.1) is 0 Å². The number of hydrogen-bond donors (Lipinski definition) is 1. The number of nitrogens with one attached hydrogen (secondary N) is 1. The van der Waals surface area contributed by atoms with E-state index in [9.17, 15) is 0 Å². The Morgan fingerprint density at radius 3 is 2.75 bits per heavy atom. The molecule has 1 fully saturated rings. The maximum absolute atomic E-state index is 4.74. The fraction of sp³-hybridized carbons (Fsp3) is 0.643. The van der Waals surface area contributed by atoms with Crippen molar-refractivity contribution in [2.24, 2.45) is 0 Å². The Balaban J connectivity index is 1.69. The van der Waals surface area contributed by atoms with E-state index in [0.29, 0.717) is 6.04 Å². The summed E-state index contributed by atoms with van der Waals surface area (Å²) in [5, 5.41) is 3.60. The largest absolute Gasteiger partial charge is 0.367 e. The molecule has 1 heterocycles. The van der Waals surface area contributed by atoms with Crippen molar-refractivity contribution in [1.29, 1.82) is 0 Å². The molecule has 1 saturated carbocycles. The van der Waals surface area contributed by atoms with E-state index in [4.69, 9.17) is 4.98 Å². The average molecular weight is 216 g/mol. The van der Waals surface area contributed by atoms with Gasteiger partial charge < -0.3 is 5.32 Å². The van der Waals surface area contributed by atoms with Crippen LogP contribution in [-0.2, 0) is 12.8 Å². The first-order chi connectivity index (χ1) is 7.92. The first-order valence-corrected chi connectivity index (χ1v) is 6.67. The van der Waals surface area contributed by atoms with Gasteiger partial charge in [-0.05, 0) is 43.7 Å².